The van der Waals surface area contributed by atoms with Crippen molar-refractivity contribution in [2.24, 2.45) is 0 Å². The van der Waals surface area contributed by atoms with Gasteiger partial charge in [0.25, 0.3) is 0 Å². The van der Waals surface area contributed by atoms with Crippen LogP contribution in [0.1, 0.15) is 33.3 Å². The largest absolute Gasteiger partial charge is 0.507 e. The number of nitrogens with zero attached hydrogens (tertiary/aromatic N) is 2. The monoisotopic (exact) mass is 643 g/mol. The number of phenols is 1. The zero-order valence-corrected chi connectivity index (χ0v) is 24.8. The SMILES string of the molecule is COc1c(C)c2c(c(O)c1CCOP(=O)(O)CP(=O)(O)OC[C@H]1O[C@@H](n3cnc4c(N)cccc43)[C@H](O)[C@@H]1O)C(=O)OC2. The van der Waals surface area contributed by atoms with Crippen LogP contribution in [0.15, 0.2) is 24.5 Å². The number of aliphatic hydroxyl groups excluding tert-OH is 2. The zero-order chi connectivity index (χ0) is 31.3. The molecule has 1 saturated heterocycles. The number of anilines is 1. The van der Waals surface area contributed by atoms with Crippen LogP contribution in [-0.4, -0.2) is 85.2 Å². The Morgan fingerprint density at radius 3 is 2.60 bits per heavy atom. The van der Waals surface area contributed by atoms with Crippen molar-refractivity contribution in [3.63, 3.8) is 0 Å². The number of aromatic nitrogens is 2. The first-order chi connectivity index (χ1) is 20.2. The molecule has 6 atom stereocenters. The third-order valence-electron chi connectivity index (χ3n) is 7.34. The number of imidazole rings is 1. The van der Waals surface area contributed by atoms with Gasteiger partial charge in [0.1, 0.15) is 47.5 Å². The van der Waals surface area contributed by atoms with Crippen LogP contribution in [0.25, 0.3) is 11.0 Å². The van der Waals surface area contributed by atoms with E-state index in [1.54, 1.807) is 25.1 Å². The summed E-state index contributed by atoms with van der Waals surface area (Å²) in [4.78, 5) is 36.8. The molecule has 0 radical (unpaired) electrons. The maximum atomic E-state index is 12.7. The summed E-state index contributed by atoms with van der Waals surface area (Å²) in [6.07, 6.45) is -4.21. The molecule has 0 saturated carbocycles. The van der Waals surface area contributed by atoms with Gasteiger partial charge >= 0.3 is 21.2 Å². The summed E-state index contributed by atoms with van der Waals surface area (Å²) in [5.74, 6) is -2.18. The lowest BCUT2D eigenvalue weighted by Gasteiger charge is -2.20. The number of methoxy groups -OCH3 is 1. The second-order valence-corrected chi connectivity index (χ2v) is 14.3. The molecule has 2 unspecified atom stereocenters. The van der Waals surface area contributed by atoms with Gasteiger partial charge in [-0.3, -0.25) is 9.13 Å². The van der Waals surface area contributed by atoms with Crippen LogP contribution in [0.5, 0.6) is 11.5 Å². The van der Waals surface area contributed by atoms with E-state index in [1.165, 1.54) is 18.0 Å². The molecule has 43 heavy (non-hydrogen) atoms. The lowest BCUT2D eigenvalue weighted by atomic mass is 9.95. The fourth-order valence-corrected chi connectivity index (χ4v) is 8.45. The van der Waals surface area contributed by atoms with E-state index in [0.717, 1.165) is 0 Å². The number of hydrogen-bond acceptors (Lipinski definition) is 13. The second-order valence-electron chi connectivity index (χ2n) is 10.1. The molecule has 1 fully saturated rings. The first kappa shape index (κ1) is 31.4. The number of para-hydroxylation sites is 1. The summed E-state index contributed by atoms with van der Waals surface area (Å²) in [5, 5.41) is 31.7. The van der Waals surface area contributed by atoms with Gasteiger partial charge in [0.2, 0.25) is 0 Å². The third-order valence-corrected chi connectivity index (χ3v) is 11.3. The number of fused-ring (bicyclic) bond motifs is 2. The minimum atomic E-state index is -4.78. The smallest absolute Gasteiger partial charge is 0.342 e. The number of esters is 1. The van der Waals surface area contributed by atoms with Gasteiger partial charge in [-0.25, -0.2) is 9.78 Å². The van der Waals surface area contributed by atoms with Crippen molar-refractivity contribution in [1.82, 2.24) is 9.55 Å². The van der Waals surface area contributed by atoms with Gasteiger partial charge in [0, 0.05) is 17.5 Å². The van der Waals surface area contributed by atoms with E-state index in [-0.39, 0.29) is 29.9 Å². The van der Waals surface area contributed by atoms with Crippen molar-refractivity contribution < 1.29 is 62.3 Å². The highest BCUT2D eigenvalue weighted by Crippen LogP contribution is 2.58. The Morgan fingerprint density at radius 2 is 1.88 bits per heavy atom. The summed E-state index contributed by atoms with van der Waals surface area (Å²) < 4.78 is 52.8. The molecule has 0 aliphatic carbocycles. The quantitative estimate of drug-likeness (QED) is 0.0986. The molecule has 5 rings (SSSR count). The highest BCUT2D eigenvalue weighted by Gasteiger charge is 2.45. The molecule has 234 valence electrons. The van der Waals surface area contributed by atoms with E-state index in [4.69, 9.17) is 29.0 Å². The molecule has 18 heteroatoms. The Morgan fingerprint density at radius 1 is 1.16 bits per heavy atom. The fraction of sp³-hybridized carbons (Fsp3) is 0.440. The number of carbonyl (C=O) groups is 1. The lowest BCUT2D eigenvalue weighted by molar-refractivity contribution is -0.0481. The number of phenolic OH excluding ortho intramolecular Hbond substituents is 1. The number of nitrogens with two attached hydrogens (primary N) is 1. The number of aliphatic hydroxyl groups is 2. The Balaban J connectivity index is 1.19. The lowest BCUT2D eigenvalue weighted by Crippen LogP contribution is -2.33. The molecule has 3 aromatic rings. The van der Waals surface area contributed by atoms with E-state index >= 15 is 0 Å². The van der Waals surface area contributed by atoms with Crippen LogP contribution < -0.4 is 10.5 Å². The van der Waals surface area contributed by atoms with Gasteiger partial charge in [0.15, 0.2) is 12.1 Å². The highest BCUT2D eigenvalue weighted by molar-refractivity contribution is 7.70. The highest BCUT2D eigenvalue weighted by atomic mass is 31.2. The van der Waals surface area contributed by atoms with Crippen molar-refractivity contribution >= 4 is 37.9 Å². The van der Waals surface area contributed by atoms with Gasteiger partial charge < -0.3 is 58.7 Å². The maximum absolute atomic E-state index is 12.7. The number of ether oxygens (including phenoxy) is 3. The summed E-state index contributed by atoms with van der Waals surface area (Å²) in [7, 11) is -8.16. The normalized spacial score (nSPS) is 24.5. The molecule has 16 nitrogen and oxygen atoms in total. The summed E-state index contributed by atoms with van der Waals surface area (Å²) >= 11 is 0. The minimum Gasteiger partial charge on any atom is -0.507 e. The molecule has 7 N–H and O–H groups in total. The van der Waals surface area contributed by atoms with Crippen LogP contribution in [-0.2, 0) is 40.7 Å². The van der Waals surface area contributed by atoms with Gasteiger partial charge in [-0.2, -0.15) is 0 Å². The van der Waals surface area contributed by atoms with Crippen LogP contribution in [0.3, 0.4) is 0 Å². The summed E-state index contributed by atoms with van der Waals surface area (Å²) in [6.45, 7) is 0.440. The van der Waals surface area contributed by atoms with Crippen molar-refractivity contribution in [1.29, 1.82) is 0 Å². The number of benzene rings is 2. The van der Waals surface area contributed by atoms with Crippen molar-refractivity contribution in [3.8, 4) is 11.5 Å². The summed E-state index contributed by atoms with van der Waals surface area (Å²) in [5.41, 5.74) is 8.40. The predicted molar refractivity (Wildman–Crippen MR) is 149 cm³/mol. The minimum absolute atomic E-state index is 0.0252. The molecule has 3 heterocycles. The molecule has 0 spiro atoms. The number of aromatic hydroxyl groups is 1. The first-order valence-electron chi connectivity index (χ1n) is 13.0. The van der Waals surface area contributed by atoms with E-state index < -0.39 is 70.6 Å². The Bertz CT molecular complexity index is 1660. The molecular formula is C25H31N3O13P2. The average molecular weight is 643 g/mol. The standard InChI is InChI=1S/C25H31N3O13P2/c1-12-14-8-38-25(32)18(14)20(29)13(23(12)37-2)6-7-39-42(33,34)11-43(35,36)40-9-17-21(30)22(31)24(41-17)28-10-27-19-15(26)4-3-5-16(19)28/h3-5,10,17,21-22,24,29-31H,6-9,11,26H2,1-2H3,(H,33,34)(H,35,36)/t17-,21-,22-,24-/m1/s1. The van der Waals surface area contributed by atoms with Gasteiger partial charge in [-0.1, -0.05) is 6.07 Å². The van der Waals surface area contributed by atoms with Crippen LogP contribution >= 0.6 is 15.2 Å². The average Bonchev–Trinajstić information content (AvgIpc) is 3.62. The molecular weight excluding hydrogens is 612 g/mol. The van der Waals surface area contributed by atoms with Crippen molar-refractivity contribution in [2.45, 2.75) is 44.5 Å². The van der Waals surface area contributed by atoms with Crippen LogP contribution in [0, 0.1) is 6.92 Å². The molecule has 0 amide bonds. The van der Waals surface area contributed by atoms with Gasteiger partial charge in [-0.05, 0) is 24.6 Å². The van der Waals surface area contributed by atoms with E-state index in [2.05, 4.69) is 4.98 Å². The van der Waals surface area contributed by atoms with Crippen molar-refractivity contribution in [3.05, 3.63) is 46.8 Å². The molecule has 2 aliphatic heterocycles. The number of carbonyl (C=O) groups excluding carboxylic acids is 1. The Hall–Kier alpha value is -3.04. The van der Waals surface area contributed by atoms with Crippen LogP contribution in [0.2, 0.25) is 0 Å². The van der Waals surface area contributed by atoms with Gasteiger partial charge in [0.05, 0.1) is 37.9 Å². The molecule has 1 aromatic heterocycles. The van der Waals surface area contributed by atoms with E-state index in [0.29, 0.717) is 27.8 Å². The Labute approximate surface area is 244 Å². The molecule has 0 bridgehead atoms. The summed E-state index contributed by atoms with van der Waals surface area (Å²) in [6, 6.07) is 5.00. The number of rotatable bonds is 11. The topological polar surface area (TPSA) is 242 Å². The fourth-order valence-electron chi connectivity index (χ4n) is 5.24. The molecule has 2 aliphatic rings. The number of hydrogen-bond donors (Lipinski definition) is 6. The second kappa shape index (κ2) is 11.8. The first-order valence-corrected chi connectivity index (χ1v) is 16.5. The van der Waals surface area contributed by atoms with E-state index in [1.807, 2.05) is 0 Å². The Kier molecular flexibility index (Phi) is 8.62. The van der Waals surface area contributed by atoms with Crippen LogP contribution in [0.4, 0.5) is 5.69 Å². The molecule has 2 aromatic carbocycles. The van der Waals surface area contributed by atoms with E-state index in [9.17, 15) is 39.0 Å². The van der Waals surface area contributed by atoms with Crippen molar-refractivity contribution in [2.75, 3.05) is 32.0 Å². The number of nitrogen functional groups attached to an aromatic ring is 1. The zero-order valence-electron chi connectivity index (χ0n) is 23.0. The predicted octanol–water partition coefficient (Wildman–Crippen LogP) is 1.53. The maximum Gasteiger partial charge on any atom is 0.342 e. The third kappa shape index (κ3) is 6.03. The number of cyclic esters (lactones) is 1. The van der Waals surface area contributed by atoms with Gasteiger partial charge in [-0.15, -0.1) is 0 Å².